The fraction of sp³-hybridized carbons (Fsp3) is 0.516. The number of carbonyl (C=O) groups is 1. The first-order chi connectivity index (χ1) is 17.1. The first-order valence-corrected chi connectivity index (χ1v) is 13.0. The fourth-order valence-corrected chi connectivity index (χ4v) is 3.87. The van der Waals surface area contributed by atoms with Crippen LogP contribution in [0.5, 0.6) is 11.5 Å². The molecule has 0 spiro atoms. The first-order valence-electron chi connectivity index (χ1n) is 13.0. The lowest BCUT2D eigenvalue weighted by Gasteiger charge is -2.26. The highest BCUT2D eigenvalue weighted by atomic mass is 16.3. The summed E-state index contributed by atoms with van der Waals surface area (Å²) in [5, 5.41) is 29.8. The Hall–Kier alpha value is -3.35. The Morgan fingerprint density at radius 2 is 0.921 bits per heavy atom. The SMILES string of the molecule is CC(C)(C)c1cc(/C=N/NC(=O)N/N=C/c2cc(C(C)(C)C)cc(C(C)(C)C)c2O)c(O)c(C(C)(C)C)c1. The van der Waals surface area contributed by atoms with Crippen molar-refractivity contribution in [3.8, 4) is 11.5 Å². The quantitative estimate of drug-likeness (QED) is 0.258. The van der Waals surface area contributed by atoms with Gasteiger partial charge in [0.25, 0.3) is 0 Å². The van der Waals surface area contributed by atoms with E-state index < -0.39 is 6.03 Å². The van der Waals surface area contributed by atoms with Crippen LogP contribution in [0.3, 0.4) is 0 Å². The van der Waals surface area contributed by atoms with Crippen molar-refractivity contribution in [2.24, 2.45) is 10.2 Å². The maximum Gasteiger partial charge on any atom is 0.355 e. The third-order valence-electron chi connectivity index (χ3n) is 6.37. The number of urea groups is 1. The molecule has 38 heavy (non-hydrogen) atoms. The lowest BCUT2D eigenvalue weighted by molar-refractivity contribution is 0.242. The van der Waals surface area contributed by atoms with Gasteiger partial charge >= 0.3 is 6.03 Å². The minimum absolute atomic E-state index is 0.126. The van der Waals surface area contributed by atoms with Crippen LogP contribution in [-0.4, -0.2) is 28.7 Å². The number of hydrogen-bond acceptors (Lipinski definition) is 5. The third-order valence-corrected chi connectivity index (χ3v) is 6.37. The van der Waals surface area contributed by atoms with E-state index >= 15 is 0 Å². The van der Waals surface area contributed by atoms with Crippen LogP contribution < -0.4 is 10.9 Å². The molecule has 0 aliphatic carbocycles. The zero-order valence-corrected chi connectivity index (χ0v) is 25.2. The van der Waals surface area contributed by atoms with Crippen LogP contribution in [0, 0.1) is 0 Å². The van der Waals surface area contributed by atoms with Crippen molar-refractivity contribution in [1.29, 1.82) is 0 Å². The van der Waals surface area contributed by atoms with Crippen molar-refractivity contribution >= 4 is 18.5 Å². The van der Waals surface area contributed by atoms with Gasteiger partial charge in [-0.1, -0.05) is 95.2 Å². The summed E-state index contributed by atoms with van der Waals surface area (Å²) in [6, 6.07) is 7.16. The van der Waals surface area contributed by atoms with Crippen LogP contribution >= 0.6 is 0 Å². The number of hydrazone groups is 2. The number of phenols is 2. The molecule has 0 aliphatic rings. The summed E-state index contributed by atoms with van der Waals surface area (Å²) >= 11 is 0. The van der Waals surface area contributed by atoms with Crippen molar-refractivity contribution in [1.82, 2.24) is 10.9 Å². The number of nitrogens with one attached hydrogen (secondary N) is 2. The topological polar surface area (TPSA) is 106 Å². The summed E-state index contributed by atoms with van der Waals surface area (Å²) in [7, 11) is 0. The molecule has 2 aromatic rings. The molecule has 0 radical (unpaired) electrons. The highest BCUT2D eigenvalue weighted by molar-refractivity contribution is 5.87. The van der Waals surface area contributed by atoms with E-state index in [4.69, 9.17) is 0 Å². The average Bonchev–Trinajstić information content (AvgIpc) is 2.72. The Kier molecular flexibility index (Phi) is 8.77. The van der Waals surface area contributed by atoms with Crippen LogP contribution in [0.25, 0.3) is 0 Å². The number of hydrogen-bond donors (Lipinski definition) is 4. The minimum atomic E-state index is -0.650. The van der Waals surface area contributed by atoms with Crippen molar-refractivity contribution in [3.05, 3.63) is 57.6 Å². The third kappa shape index (κ3) is 7.83. The van der Waals surface area contributed by atoms with Crippen LogP contribution in [0.1, 0.15) is 116 Å². The Labute approximate surface area is 228 Å². The molecular formula is C31H46N4O3. The molecule has 0 saturated heterocycles. The number of phenolic OH excluding ortho intramolecular Hbond substituents is 2. The van der Waals surface area contributed by atoms with Crippen molar-refractivity contribution < 1.29 is 15.0 Å². The predicted octanol–water partition coefficient (Wildman–Crippen LogP) is 6.96. The molecule has 0 saturated carbocycles. The zero-order valence-electron chi connectivity index (χ0n) is 25.2. The first kappa shape index (κ1) is 30.9. The summed E-state index contributed by atoms with van der Waals surface area (Å²) in [5.74, 6) is 0.275. The summed E-state index contributed by atoms with van der Waals surface area (Å²) < 4.78 is 0. The molecule has 0 unspecified atom stereocenters. The molecule has 2 rings (SSSR count). The number of aromatic hydroxyl groups is 2. The lowest BCUT2D eigenvalue weighted by Crippen LogP contribution is -2.28. The molecule has 0 heterocycles. The Morgan fingerprint density at radius 3 is 1.18 bits per heavy atom. The van der Waals surface area contributed by atoms with E-state index in [1.165, 1.54) is 12.4 Å². The largest absolute Gasteiger partial charge is 0.507 e. The van der Waals surface area contributed by atoms with E-state index in [0.29, 0.717) is 11.1 Å². The fourth-order valence-electron chi connectivity index (χ4n) is 3.87. The summed E-state index contributed by atoms with van der Waals surface area (Å²) in [6.07, 6.45) is 2.86. The van der Waals surface area contributed by atoms with Gasteiger partial charge in [-0.2, -0.15) is 10.2 Å². The van der Waals surface area contributed by atoms with Crippen LogP contribution in [0.4, 0.5) is 4.79 Å². The highest BCUT2D eigenvalue weighted by Crippen LogP contribution is 2.38. The van der Waals surface area contributed by atoms with Gasteiger partial charge < -0.3 is 10.2 Å². The molecule has 208 valence electrons. The summed E-state index contributed by atoms with van der Waals surface area (Å²) in [4.78, 5) is 12.3. The molecule has 2 aromatic carbocycles. The van der Waals surface area contributed by atoms with E-state index in [1.54, 1.807) is 0 Å². The van der Waals surface area contributed by atoms with Crippen molar-refractivity contribution in [3.63, 3.8) is 0 Å². The molecule has 4 N–H and O–H groups in total. The van der Waals surface area contributed by atoms with E-state index in [9.17, 15) is 15.0 Å². The second-order valence-corrected chi connectivity index (χ2v) is 14.0. The highest BCUT2D eigenvalue weighted by Gasteiger charge is 2.26. The Balaban J connectivity index is 2.24. The van der Waals surface area contributed by atoms with E-state index in [0.717, 1.165) is 22.3 Å². The van der Waals surface area contributed by atoms with Gasteiger partial charge in [0, 0.05) is 22.3 Å². The lowest BCUT2D eigenvalue weighted by atomic mass is 9.79. The van der Waals surface area contributed by atoms with Crippen LogP contribution in [0.2, 0.25) is 0 Å². The molecule has 7 nitrogen and oxygen atoms in total. The number of carbonyl (C=O) groups excluding carboxylic acids is 1. The minimum Gasteiger partial charge on any atom is -0.507 e. The molecule has 0 aromatic heterocycles. The number of rotatable bonds is 4. The van der Waals surface area contributed by atoms with E-state index in [-0.39, 0.29) is 33.2 Å². The van der Waals surface area contributed by atoms with Gasteiger partial charge in [0.05, 0.1) is 12.4 Å². The molecular weight excluding hydrogens is 476 g/mol. The van der Waals surface area contributed by atoms with Gasteiger partial charge in [0.1, 0.15) is 11.5 Å². The molecule has 0 bridgehead atoms. The molecule has 0 aliphatic heterocycles. The Morgan fingerprint density at radius 1 is 0.605 bits per heavy atom. The molecule has 2 amide bonds. The summed E-state index contributed by atoms with van der Waals surface area (Å²) in [6.45, 7) is 24.9. The van der Waals surface area contributed by atoms with E-state index in [2.05, 4.69) is 62.6 Å². The van der Waals surface area contributed by atoms with Crippen LogP contribution in [0.15, 0.2) is 34.5 Å². The molecule has 0 fully saturated rings. The summed E-state index contributed by atoms with van der Waals surface area (Å²) in [5.41, 5.74) is 8.75. The second-order valence-electron chi connectivity index (χ2n) is 14.0. The van der Waals surface area contributed by atoms with Gasteiger partial charge in [0.15, 0.2) is 0 Å². The number of nitrogens with zero attached hydrogens (tertiary/aromatic N) is 2. The zero-order chi connectivity index (χ0) is 29.3. The van der Waals surface area contributed by atoms with Gasteiger partial charge in [0.2, 0.25) is 0 Å². The number of benzene rings is 2. The monoisotopic (exact) mass is 522 g/mol. The van der Waals surface area contributed by atoms with Gasteiger partial charge in [-0.15, -0.1) is 0 Å². The number of amides is 2. The average molecular weight is 523 g/mol. The van der Waals surface area contributed by atoms with Crippen LogP contribution in [-0.2, 0) is 21.7 Å². The maximum atomic E-state index is 12.3. The van der Waals surface area contributed by atoms with Crippen molar-refractivity contribution in [2.45, 2.75) is 105 Å². The standard InChI is InChI=1S/C31H46N4O3/c1-28(2,3)21-13-19(25(36)23(15-21)30(7,8)9)17-32-34-27(38)35-33-18-20-14-22(29(4,5)6)16-24(26(20)37)31(10,11)12/h13-18,36-37H,1-12H3,(H2,34,35,38)/b32-17+,33-18+. The van der Waals surface area contributed by atoms with Gasteiger partial charge in [-0.05, 0) is 44.9 Å². The second kappa shape index (κ2) is 10.8. The molecule has 7 heteroatoms. The normalized spacial score (nSPS) is 13.4. The maximum absolute atomic E-state index is 12.3. The predicted molar refractivity (Wildman–Crippen MR) is 158 cm³/mol. The van der Waals surface area contributed by atoms with Gasteiger partial charge in [-0.3, -0.25) is 0 Å². The van der Waals surface area contributed by atoms with Gasteiger partial charge in [-0.25, -0.2) is 15.6 Å². The smallest absolute Gasteiger partial charge is 0.355 e. The Bertz CT molecular complexity index is 1140. The van der Waals surface area contributed by atoms with E-state index in [1.807, 2.05) is 65.8 Å². The van der Waals surface area contributed by atoms with Crippen molar-refractivity contribution in [2.75, 3.05) is 0 Å². The molecule has 0 atom stereocenters.